The molecule has 0 fully saturated rings. The molecular weight excluding hydrogens is 332 g/mol. The van der Waals surface area contributed by atoms with Crippen LogP contribution in [0, 0.1) is 0 Å². The number of benzene rings is 1. The molecule has 0 unspecified atom stereocenters. The smallest absolute Gasteiger partial charge is 0.307 e. The Morgan fingerprint density at radius 3 is 2.17 bits per heavy atom. The van der Waals surface area contributed by atoms with Crippen molar-refractivity contribution in [1.29, 1.82) is 0 Å². The van der Waals surface area contributed by atoms with Crippen molar-refractivity contribution >= 4 is 21.9 Å². The van der Waals surface area contributed by atoms with Crippen LogP contribution in [0.4, 0.5) is 0 Å². The summed E-state index contributed by atoms with van der Waals surface area (Å²) in [6.45, 7) is 7.10. The van der Waals surface area contributed by atoms with E-state index in [2.05, 4.69) is 10.0 Å². The number of carbonyl (C=O) groups is 2. The number of rotatable bonds is 8. The first kappa shape index (κ1) is 20.1. The van der Waals surface area contributed by atoms with Crippen LogP contribution in [0.25, 0.3) is 0 Å². The van der Waals surface area contributed by atoms with E-state index in [1.807, 2.05) is 0 Å². The van der Waals surface area contributed by atoms with Gasteiger partial charge in [0, 0.05) is 18.2 Å². The summed E-state index contributed by atoms with van der Waals surface area (Å²) in [5, 5.41) is 2.59. The highest BCUT2D eigenvalue weighted by Crippen LogP contribution is 2.11. The van der Waals surface area contributed by atoms with Crippen LogP contribution in [0.1, 0.15) is 44.5 Å². The number of amides is 1. The highest BCUT2D eigenvalue weighted by molar-refractivity contribution is 7.89. The lowest BCUT2D eigenvalue weighted by molar-refractivity contribution is -0.147. The molecule has 0 aliphatic rings. The fraction of sp³-hybridized carbons (Fsp3) is 0.500. The van der Waals surface area contributed by atoms with Crippen molar-refractivity contribution in [1.82, 2.24) is 10.0 Å². The number of hydrogen-bond acceptors (Lipinski definition) is 5. The summed E-state index contributed by atoms with van der Waals surface area (Å²) < 4.78 is 31.4. The predicted molar refractivity (Wildman–Crippen MR) is 90.1 cm³/mol. The van der Waals surface area contributed by atoms with E-state index in [9.17, 15) is 18.0 Å². The summed E-state index contributed by atoms with van der Waals surface area (Å²) in [4.78, 5) is 23.4. The number of nitrogens with one attached hydrogen (secondary N) is 2. The first-order valence-corrected chi connectivity index (χ1v) is 9.20. The molecule has 1 aromatic carbocycles. The number of sulfonamides is 1. The second-order valence-electron chi connectivity index (χ2n) is 5.84. The molecule has 0 atom stereocenters. The zero-order valence-electron chi connectivity index (χ0n) is 14.3. The molecule has 0 aliphatic carbocycles. The Morgan fingerprint density at radius 1 is 1.08 bits per heavy atom. The van der Waals surface area contributed by atoms with Gasteiger partial charge in [0.15, 0.2) is 0 Å². The maximum Gasteiger partial charge on any atom is 0.307 e. The van der Waals surface area contributed by atoms with Crippen LogP contribution in [0.3, 0.4) is 0 Å². The molecule has 134 valence electrons. The second-order valence-corrected chi connectivity index (χ2v) is 7.56. The zero-order valence-corrected chi connectivity index (χ0v) is 15.1. The monoisotopic (exact) mass is 356 g/mol. The van der Waals surface area contributed by atoms with Gasteiger partial charge in [0.1, 0.15) is 0 Å². The van der Waals surface area contributed by atoms with Crippen LogP contribution in [0.15, 0.2) is 29.2 Å². The minimum absolute atomic E-state index is 0.0781. The first-order valence-electron chi connectivity index (χ1n) is 7.72. The van der Waals surface area contributed by atoms with Gasteiger partial charge in [-0.3, -0.25) is 9.59 Å². The third kappa shape index (κ3) is 6.67. The third-order valence-corrected chi connectivity index (χ3v) is 4.47. The fourth-order valence-corrected chi connectivity index (χ4v) is 3.12. The van der Waals surface area contributed by atoms with Gasteiger partial charge in [-0.15, -0.1) is 0 Å². The van der Waals surface area contributed by atoms with Crippen molar-refractivity contribution in [3.63, 3.8) is 0 Å². The first-order chi connectivity index (χ1) is 11.1. The topological polar surface area (TPSA) is 102 Å². The Labute approximate surface area is 142 Å². The molecule has 24 heavy (non-hydrogen) atoms. The molecule has 0 aromatic heterocycles. The van der Waals surface area contributed by atoms with Crippen LogP contribution in [0.5, 0.6) is 0 Å². The van der Waals surface area contributed by atoms with E-state index in [1.54, 1.807) is 27.7 Å². The molecule has 0 saturated heterocycles. The Balaban J connectivity index is 2.60. The number of esters is 1. The van der Waals surface area contributed by atoms with Crippen molar-refractivity contribution in [2.45, 2.75) is 51.2 Å². The Morgan fingerprint density at radius 2 is 1.67 bits per heavy atom. The molecule has 0 aliphatic heterocycles. The Bertz CT molecular complexity index is 666. The SMILES string of the molecule is CC(C)NS(=O)(=O)c1ccc(C(=O)NCCC(=O)OC(C)C)cc1. The van der Waals surface area contributed by atoms with E-state index < -0.39 is 10.0 Å². The van der Waals surface area contributed by atoms with Gasteiger partial charge >= 0.3 is 5.97 Å². The highest BCUT2D eigenvalue weighted by atomic mass is 32.2. The van der Waals surface area contributed by atoms with Gasteiger partial charge in [0.25, 0.3) is 5.91 Å². The Kier molecular flexibility index (Phi) is 7.37. The number of carbonyl (C=O) groups excluding carboxylic acids is 2. The molecule has 7 nitrogen and oxygen atoms in total. The van der Waals surface area contributed by atoms with Gasteiger partial charge < -0.3 is 10.1 Å². The van der Waals surface area contributed by atoms with E-state index in [0.717, 1.165) is 0 Å². The van der Waals surface area contributed by atoms with Crippen molar-refractivity contribution in [3.8, 4) is 0 Å². The highest BCUT2D eigenvalue weighted by Gasteiger charge is 2.16. The summed E-state index contributed by atoms with van der Waals surface area (Å²) in [5.74, 6) is -0.764. The maximum absolute atomic E-state index is 12.0. The third-order valence-electron chi connectivity index (χ3n) is 2.80. The van der Waals surface area contributed by atoms with Crippen molar-refractivity contribution < 1.29 is 22.7 Å². The van der Waals surface area contributed by atoms with Crippen LogP contribution < -0.4 is 10.0 Å². The fourth-order valence-electron chi connectivity index (χ4n) is 1.87. The molecular formula is C16H24N2O5S. The molecule has 1 amide bonds. The van der Waals surface area contributed by atoms with E-state index in [-0.39, 0.29) is 41.9 Å². The summed E-state index contributed by atoms with van der Waals surface area (Å²) in [5.41, 5.74) is 0.315. The molecule has 0 spiro atoms. The molecule has 0 heterocycles. The maximum atomic E-state index is 12.0. The Hall–Kier alpha value is -1.93. The van der Waals surface area contributed by atoms with E-state index in [0.29, 0.717) is 5.56 Å². The van der Waals surface area contributed by atoms with Crippen molar-refractivity contribution in [2.75, 3.05) is 6.54 Å². The largest absolute Gasteiger partial charge is 0.463 e. The zero-order chi connectivity index (χ0) is 18.3. The molecule has 2 N–H and O–H groups in total. The minimum atomic E-state index is -3.58. The summed E-state index contributed by atoms with van der Waals surface area (Å²) in [6.07, 6.45) is -0.114. The lowest BCUT2D eigenvalue weighted by Gasteiger charge is -2.10. The average Bonchev–Trinajstić information content (AvgIpc) is 2.45. The summed E-state index contributed by atoms with van der Waals surface area (Å²) in [6, 6.07) is 5.37. The lowest BCUT2D eigenvalue weighted by atomic mass is 10.2. The van der Waals surface area contributed by atoms with Gasteiger partial charge in [0.05, 0.1) is 17.4 Å². The van der Waals surface area contributed by atoms with Crippen LogP contribution in [-0.2, 0) is 19.6 Å². The molecule has 0 bridgehead atoms. The molecule has 1 rings (SSSR count). The van der Waals surface area contributed by atoms with E-state index >= 15 is 0 Å². The molecule has 8 heteroatoms. The summed E-state index contributed by atoms with van der Waals surface area (Å²) in [7, 11) is -3.58. The molecule has 1 aromatic rings. The average molecular weight is 356 g/mol. The van der Waals surface area contributed by atoms with E-state index in [1.165, 1.54) is 24.3 Å². The lowest BCUT2D eigenvalue weighted by Crippen LogP contribution is -2.30. The van der Waals surface area contributed by atoms with Gasteiger partial charge in [0.2, 0.25) is 10.0 Å². The van der Waals surface area contributed by atoms with Crippen molar-refractivity contribution in [3.05, 3.63) is 29.8 Å². The van der Waals surface area contributed by atoms with Gasteiger partial charge in [-0.2, -0.15) is 0 Å². The quantitative estimate of drug-likeness (QED) is 0.687. The van der Waals surface area contributed by atoms with Gasteiger partial charge in [-0.05, 0) is 52.0 Å². The van der Waals surface area contributed by atoms with Gasteiger partial charge in [-0.25, -0.2) is 13.1 Å². The van der Waals surface area contributed by atoms with Crippen molar-refractivity contribution in [2.24, 2.45) is 0 Å². The van der Waals surface area contributed by atoms with Crippen LogP contribution >= 0.6 is 0 Å². The number of ether oxygens (including phenoxy) is 1. The normalized spacial score (nSPS) is 11.6. The summed E-state index contributed by atoms with van der Waals surface area (Å²) >= 11 is 0. The van der Waals surface area contributed by atoms with Gasteiger partial charge in [-0.1, -0.05) is 0 Å². The second kappa shape index (κ2) is 8.79. The van der Waals surface area contributed by atoms with Crippen LogP contribution in [-0.4, -0.2) is 39.0 Å². The standard InChI is InChI=1S/C16H24N2O5S/c1-11(2)18-24(21,22)14-7-5-13(6-8-14)16(20)17-10-9-15(19)23-12(3)4/h5-8,11-12,18H,9-10H2,1-4H3,(H,17,20). The minimum Gasteiger partial charge on any atom is -0.463 e. The number of hydrogen-bond donors (Lipinski definition) is 2. The predicted octanol–water partition coefficient (Wildman–Crippen LogP) is 1.44. The molecule has 0 saturated carbocycles. The van der Waals surface area contributed by atoms with E-state index in [4.69, 9.17) is 4.74 Å². The van der Waals surface area contributed by atoms with Crippen LogP contribution in [0.2, 0.25) is 0 Å². The molecule has 0 radical (unpaired) electrons.